The van der Waals surface area contributed by atoms with Crippen molar-refractivity contribution >= 4 is 23.3 Å². The van der Waals surface area contributed by atoms with E-state index >= 15 is 0 Å². The molecule has 30 heavy (non-hydrogen) atoms. The van der Waals surface area contributed by atoms with E-state index in [1.807, 2.05) is 11.4 Å². The van der Waals surface area contributed by atoms with Crippen molar-refractivity contribution in [3.8, 4) is 5.75 Å². The van der Waals surface area contributed by atoms with Gasteiger partial charge in [0.2, 0.25) is 0 Å². The van der Waals surface area contributed by atoms with E-state index in [-0.39, 0.29) is 13.0 Å². The van der Waals surface area contributed by atoms with E-state index in [0.29, 0.717) is 18.2 Å². The number of para-hydroxylation sites is 1. The number of nitrogens with zero attached hydrogens (tertiary/aromatic N) is 1. The summed E-state index contributed by atoms with van der Waals surface area (Å²) in [6, 6.07) is 10.8. The number of carbonyl (C=O) groups is 2. The summed E-state index contributed by atoms with van der Waals surface area (Å²) in [7, 11) is 0. The van der Waals surface area contributed by atoms with Crippen molar-refractivity contribution < 1.29 is 37.2 Å². The minimum absolute atomic E-state index is 0.0502. The number of anilines is 1. The Labute approximate surface area is 168 Å². The lowest BCUT2D eigenvalue weighted by Crippen LogP contribution is -2.23. The summed E-state index contributed by atoms with van der Waals surface area (Å²) in [4.78, 5) is 33.1. The van der Waals surface area contributed by atoms with Crippen molar-refractivity contribution in [3.63, 3.8) is 0 Å². The summed E-state index contributed by atoms with van der Waals surface area (Å²) < 4.78 is 49.4. The van der Waals surface area contributed by atoms with Gasteiger partial charge in [0.15, 0.2) is 6.61 Å². The Morgan fingerprint density at radius 1 is 1.10 bits per heavy atom. The first-order chi connectivity index (χ1) is 14.2. The summed E-state index contributed by atoms with van der Waals surface area (Å²) >= 11 is 0. The minimum atomic E-state index is -4.93. The van der Waals surface area contributed by atoms with Crippen LogP contribution in [-0.2, 0) is 20.5 Å². The molecule has 0 aliphatic rings. The predicted octanol–water partition coefficient (Wildman–Crippen LogP) is 3.95. The molecule has 0 unspecified atom stereocenters. The van der Waals surface area contributed by atoms with E-state index in [1.165, 1.54) is 0 Å². The maximum absolute atomic E-state index is 13.1. The number of benzene rings is 2. The monoisotopic (exact) mass is 426 g/mol. The molecule has 160 valence electrons. The van der Waals surface area contributed by atoms with E-state index in [1.54, 1.807) is 24.3 Å². The molecule has 0 aliphatic heterocycles. The fourth-order valence-electron chi connectivity index (χ4n) is 2.32. The van der Waals surface area contributed by atoms with Crippen LogP contribution in [0.3, 0.4) is 0 Å². The number of esters is 1. The first-order valence-electron chi connectivity index (χ1n) is 8.66. The summed E-state index contributed by atoms with van der Waals surface area (Å²) in [5, 5.41) is 12.6. The van der Waals surface area contributed by atoms with Gasteiger partial charge in [0.25, 0.3) is 11.6 Å². The molecule has 0 saturated carbocycles. The second kappa shape index (κ2) is 10.2. The van der Waals surface area contributed by atoms with Crippen molar-refractivity contribution in [2.45, 2.75) is 19.0 Å². The lowest BCUT2D eigenvalue weighted by molar-refractivity contribution is -0.385. The van der Waals surface area contributed by atoms with Gasteiger partial charge in [-0.25, -0.2) is 0 Å². The first-order valence-corrected chi connectivity index (χ1v) is 8.66. The average molecular weight is 426 g/mol. The third kappa shape index (κ3) is 7.08. The second-order valence-corrected chi connectivity index (χ2v) is 5.96. The maximum atomic E-state index is 13.1. The first kappa shape index (κ1) is 22.7. The Morgan fingerprint density at radius 3 is 2.43 bits per heavy atom. The molecule has 0 heterocycles. The number of hydrogen-bond acceptors (Lipinski definition) is 6. The molecule has 0 bridgehead atoms. The van der Waals surface area contributed by atoms with Crippen molar-refractivity contribution in [2.75, 3.05) is 18.5 Å². The number of amides is 1. The van der Waals surface area contributed by atoms with Crippen LogP contribution < -0.4 is 10.1 Å². The average Bonchev–Trinajstić information content (AvgIpc) is 2.70. The van der Waals surface area contributed by atoms with Gasteiger partial charge in [-0.05, 0) is 24.6 Å². The van der Waals surface area contributed by atoms with Crippen LogP contribution in [0.1, 0.15) is 18.4 Å². The van der Waals surface area contributed by atoms with Gasteiger partial charge in [-0.3, -0.25) is 19.7 Å². The van der Waals surface area contributed by atoms with Gasteiger partial charge >= 0.3 is 12.1 Å². The highest BCUT2D eigenvalue weighted by atomic mass is 19.4. The van der Waals surface area contributed by atoms with Crippen LogP contribution in [0.25, 0.3) is 0 Å². The van der Waals surface area contributed by atoms with Crippen molar-refractivity contribution in [2.24, 2.45) is 0 Å². The molecule has 0 spiro atoms. The zero-order valence-electron chi connectivity index (χ0n) is 15.5. The van der Waals surface area contributed by atoms with Crippen LogP contribution in [0.5, 0.6) is 5.75 Å². The molecule has 8 nitrogen and oxygen atoms in total. The molecule has 1 N–H and O–H groups in total. The number of ether oxygens (including phenoxy) is 2. The fourth-order valence-corrected chi connectivity index (χ4v) is 2.32. The van der Waals surface area contributed by atoms with Gasteiger partial charge in [-0.2, -0.15) is 13.2 Å². The minimum Gasteiger partial charge on any atom is -0.494 e. The number of carbonyl (C=O) groups excluding carboxylic acids is 2. The lowest BCUT2D eigenvalue weighted by Gasteiger charge is -2.13. The SMILES string of the molecule is O=C(COC(=O)CCCOc1ccccc1)Nc1ccc([N+](=O)[O-])cc1C(F)(F)F. The second-order valence-electron chi connectivity index (χ2n) is 5.96. The van der Waals surface area contributed by atoms with Gasteiger partial charge in [0, 0.05) is 18.6 Å². The van der Waals surface area contributed by atoms with Crippen LogP contribution in [-0.4, -0.2) is 30.0 Å². The van der Waals surface area contributed by atoms with E-state index in [0.717, 1.165) is 12.1 Å². The van der Waals surface area contributed by atoms with Crippen LogP contribution in [0.2, 0.25) is 0 Å². The van der Waals surface area contributed by atoms with Crippen LogP contribution in [0, 0.1) is 10.1 Å². The number of nitro groups is 1. The predicted molar refractivity (Wildman–Crippen MR) is 98.9 cm³/mol. The van der Waals surface area contributed by atoms with Gasteiger partial charge < -0.3 is 14.8 Å². The summed E-state index contributed by atoms with van der Waals surface area (Å²) in [6.45, 7) is -0.560. The topological polar surface area (TPSA) is 108 Å². The molecule has 0 fully saturated rings. The molecule has 1 amide bonds. The highest BCUT2D eigenvalue weighted by molar-refractivity contribution is 5.93. The standard InChI is InChI=1S/C19H17F3N2O6/c20-19(21,22)15-11-13(24(27)28)8-9-16(15)23-17(25)12-30-18(26)7-4-10-29-14-5-2-1-3-6-14/h1-3,5-6,8-9,11H,4,7,10,12H2,(H,23,25). The Kier molecular flexibility index (Phi) is 7.73. The van der Waals surface area contributed by atoms with Crippen molar-refractivity contribution in [1.82, 2.24) is 0 Å². The number of non-ortho nitro benzene ring substituents is 1. The van der Waals surface area contributed by atoms with E-state index in [9.17, 15) is 32.9 Å². The molecule has 0 aliphatic carbocycles. The van der Waals surface area contributed by atoms with Gasteiger partial charge in [-0.15, -0.1) is 0 Å². The molecule has 0 aromatic heterocycles. The molecule has 0 atom stereocenters. The third-order valence-corrected chi connectivity index (χ3v) is 3.69. The number of nitrogens with one attached hydrogen (secondary N) is 1. The van der Waals surface area contributed by atoms with E-state index < -0.39 is 46.5 Å². The number of nitro benzene ring substituents is 1. The summed E-state index contributed by atoms with van der Waals surface area (Å²) in [5.41, 5.74) is -2.83. The molecule has 2 aromatic rings. The molecular formula is C19H17F3N2O6. The smallest absolute Gasteiger partial charge is 0.418 e. The van der Waals surface area contributed by atoms with Crippen LogP contribution in [0.4, 0.5) is 24.5 Å². The normalized spacial score (nSPS) is 10.9. The number of hydrogen-bond donors (Lipinski definition) is 1. The Morgan fingerprint density at radius 2 is 1.80 bits per heavy atom. The van der Waals surface area contributed by atoms with Crippen LogP contribution in [0.15, 0.2) is 48.5 Å². The molecule has 0 saturated heterocycles. The van der Waals surface area contributed by atoms with Gasteiger partial charge in [-0.1, -0.05) is 18.2 Å². The molecule has 2 rings (SSSR count). The summed E-state index contributed by atoms with van der Waals surface area (Å²) in [6.07, 6.45) is -4.66. The Bertz CT molecular complexity index is 903. The van der Waals surface area contributed by atoms with Crippen molar-refractivity contribution in [1.29, 1.82) is 0 Å². The molecule has 11 heteroatoms. The number of halogens is 3. The van der Waals surface area contributed by atoms with Gasteiger partial charge in [0.05, 0.1) is 22.8 Å². The molecule has 0 radical (unpaired) electrons. The molecule has 2 aromatic carbocycles. The highest BCUT2D eigenvalue weighted by Gasteiger charge is 2.35. The highest BCUT2D eigenvalue weighted by Crippen LogP contribution is 2.37. The Balaban J connectivity index is 1.81. The zero-order chi connectivity index (χ0) is 22.1. The van der Waals surface area contributed by atoms with Crippen molar-refractivity contribution in [3.05, 3.63) is 64.2 Å². The molecular weight excluding hydrogens is 409 g/mol. The lowest BCUT2D eigenvalue weighted by atomic mass is 10.1. The zero-order valence-corrected chi connectivity index (χ0v) is 15.5. The largest absolute Gasteiger partial charge is 0.494 e. The fraction of sp³-hybridized carbons (Fsp3) is 0.263. The quantitative estimate of drug-likeness (QED) is 0.282. The third-order valence-electron chi connectivity index (χ3n) is 3.69. The van der Waals surface area contributed by atoms with E-state index in [4.69, 9.17) is 9.47 Å². The Hall–Kier alpha value is -3.63. The van der Waals surface area contributed by atoms with Gasteiger partial charge in [0.1, 0.15) is 5.75 Å². The van der Waals surface area contributed by atoms with Crippen LogP contribution >= 0.6 is 0 Å². The number of alkyl halides is 3. The number of rotatable bonds is 9. The van der Waals surface area contributed by atoms with E-state index in [2.05, 4.69) is 0 Å². The maximum Gasteiger partial charge on any atom is 0.418 e. The summed E-state index contributed by atoms with van der Waals surface area (Å²) in [5.74, 6) is -1.10.